The van der Waals surface area contributed by atoms with Crippen molar-refractivity contribution in [1.29, 1.82) is 0 Å². The number of hydrogen-bond acceptors (Lipinski definition) is 6. The molecule has 184 valence electrons. The predicted molar refractivity (Wildman–Crippen MR) is 137 cm³/mol. The summed E-state index contributed by atoms with van der Waals surface area (Å²) in [6.07, 6.45) is 0.789. The number of aromatic nitrogens is 5. The van der Waals surface area contributed by atoms with Crippen LogP contribution in [-0.2, 0) is 18.6 Å². The molecule has 35 heavy (non-hydrogen) atoms. The Morgan fingerprint density at radius 1 is 1.11 bits per heavy atom. The van der Waals surface area contributed by atoms with Gasteiger partial charge in [0.05, 0.1) is 24.2 Å². The van der Waals surface area contributed by atoms with Crippen LogP contribution in [0.3, 0.4) is 0 Å². The summed E-state index contributed by atoms with van der Waals surface area (Å²) in [5.41, 5.74) is 3.42. The molecule has 1 N–H and O–H groups in total. The number of aryl methyl sites for hydroxylation is 1. The Balaban J connectivity index is 1.77. The van der Waals surface area contributed by atoms with Gasteiger partial charge in [0.1, 0.15) is 5.75 Å². The highest BCUT2D eigenvalue weighted by Gasteiger charge is 2.29. The number of rotatable bonds is 8. The molecular formula is C27H34N6O2. The fourth-order valence-corrected chi connectivity index (χ4v) is 4.49. The molecule has 0 amide bonds. The third kappa shape index (κ3) is 5.27. The number of para-hydroxylation sites is 1. The van der Waals surface area contributed by atoms with Gasteiger partial charge in [0.25, 0.3) is 5.56 Å². The van der Waals surface area contributed by atoms with Crippen molar-refractivity contribution in [1.82, 2.24) is 30.1 Å². The molecule has 4 rings (SSSR count). The lowest BCUT2D eigenvalue weighted by Gasteiger charge is -2.32. The van der Waals surface area contributed by atoms with E-state index in [1.165, 1.54) is 0 Å². The van der Waals surface area contributed by atoms with Crippen LogP contribution in [0, 0.1) is 6.92 Å². The van der Waals surface area contributed by atoms with E-state index in [4.69, 9.17) is 4.74 Å². The molecule has 0 radical (unpaired) electrons. The van der Waals surface area contributed by atoms with E-state index in [9.17, 15) is 4.79 Å². The predicted octanol–water partition coefficient (Wildman–Crippen LogP) is 4.74. The van der Waals surface area contributed by atoms with E-state index in [2.05, 4.69) is 65.2 Å². The monoisotopic (exact) mass is 474 g/mol. The van der Waals surface area contributed by atoms with Gasteiger partial charge in [-0.1, -0.05) is 37.3 Å². The van der Waals surface area contributed by atoms with Crippen LogP contribution in [-0.4, -0.2) is 37.2 Å². The van der Waals surface area contributed by atoms with Crippen molar-refractivity contribution in [2.24, 2.45) is 0 Å². The first-order valence-electron chi connectivity index (χ1n) is 12.0. The quantitative estimate of drug-likeness (QED) is 0.397. The highest BCUT2D eigenvalue weighted by molar-refractivity contribution is 5.81. The van der Waals surface area contributed by atoms with E-state index in [-0.39, 0.29) is 17.1 Å². The molecule has 1 atom stereocenters. The molecule has 8 heteroatoms. The SMILES string of the molecule is CC[C@H](c1nnnn1C(C)(C)C)N(Cc1ccc(OC)cc1)Cc1cc2cccc(C)c2[nH]c1=O. The van der Waals surface area contributed by atoms with Crippen molar-refractivity contribution in [3.05, 3.63) is 81.4 Å². The van der Waals surface area contributed by atoms with Crippen molar-refractivity contribution >= 4 is 10.9 Å². The van der Waals surface area contributed by atoms with Crippen molar-refractivity contribution in [3.8, 4) is 5.75 Å². The normalized spacial score (nSPS) is 12.9. The molecule has 8 nitrogen and oxygen atoms in total. The van der Waals surface area contributed by atoms with Crippen molar-refractivity contribution < 1.29 is 4.74 Å². The summed E-state index contributed by atoms with van der Waals surface area (Å²) >= 11 is 0. The molecule has 4 aromatic rings. The van der Waals surface area contributed by atoms with Crippen LogP contribution in [0.1, 0.15) is 62.7 Å². The lowest BCUT2D eigenvalue weighted by molar-refractivity contribution is 0.153. The lowest BCUT2D eigenvalue weighted by Crippen LogP contribution is -2.35. The Labute approximate surface area is 205 Å². The molecule has 2 aromatic heterocycles. The topological polar surface area (TPSA) is 88.9 Å². The van der Waals surface area contributed by atoms with Gasteiger partial charge in [-0.15, -0.1) is 5.10 Å². The number of nitrogens with one attached hydrogen (secondary N) is 1. The van der Waals surface area contributed by atoms with E-state index >= 15 is 0 Å². The third-order valence-corrected chi connectivity index (χ3v) is 6.34. The van der Waals surface area contributed by atoms with Crippen LogP contribution in [0.15, 0.2) is 53.3 Å². The van der Waals surface area contributed by atoms with E-state index in [1.54, 1.807) is 7.11 Å². The van der Waals surface area contributed by atoms with Gasteiger partial charge in [0.15, 0.2) is 5.82 Å². The minimum atomic E-state index is -0.268. The maximum Gasteiger partial charge on any atom is 0.252 e. The van der Waals surface area contributed by atoms with Crippen LogP contribution in [0.4, 0.5) is 0 Å². The smallest absolute Gasteiger partial charge is 0.252 e. The zero-order chi connectivity index (χ0) is 25.2. The summed E-state index contributed by atoms with van der Waals surface area (Å²) in [5.74, 6) is 1.60. The largest absolute Gasteiger partial charge is 0.497 e. The highest BCUT2D eigenvalue weighted by atomic mass is 16.5. The third-order valence-electron chi connectivity index (χ3n) is 6.34. The first-order chi connectivity index (χ1) is 16.7. The Bertz CT molecular complexity index is 1350. The van der Waals surface area contributed by atoms with E-state index in [0.29, 0.717) is 18.7 Å². The average molecular weight is 475 g/mol. The Hall–Kier alpha value is -3.52. The molecule has 0 fully saturated rings. The maximum atomic E-state index is 13.1. The van der Waals surface area contributed by atoms with E-state index in [0.717, 1.165) is 40.0 Å². The number of ether oxygens (including phenoxy) is 1. The second kappa shape index (κ2) is 10.00. The second-order valence-electron chi connectivity index (χ2n) is 9.96. The van der Waals surface area contributed by atoms with Crippen LogP contribution < -0.4 is 10.3 Å². The average Bonchev–Trinajstić information content (AvgIpc) is 3.31. The van der Waals surface area contributed by atoms with Gasteiger partial charge in [-0.25, -0.2) is 4.68 Å². The van der Waals surface area contributed by atoms with Crippen LogP contribution in [0.2, 0.25) is 0 Å². The zero-order valence-electron chi connectivity index (χ0n) is 21.4. The minimum absolute atomic E-state index is 0.0724. The number of hydrogen-bond donors (Lipinski definition) is 1. The molecule has 0 aliphatic rings. The van der Waals surface area contributed by atoms with Crippen LogP contribution in [0.25, 0.3) is 10.9 Å². The molecule has 0 saturated heterocycles. The number of tetrazole rings is 1. The fraction of sp³-hybridized carbons (Fsp3) is 0.407. The second-order valence-corrected chi connectivity index (χ2v) is 9.96. The summed E-state index contributed by atoms with van der Waals surface area (Å²) in [4.78, 5) is 18.5. The number of methoxy groups -OCH3 is 1. The fourth-order valence-electron chi connectivity index (χ4n) is 4.49. The first kappa shape index (κ1) is 24.6. The van der Waals surface area contributed by atoms with E-state index in [1.807, 2.05) is 48.0 Å². The number of H-pyrrole nitrogens is 1. The molecule has 0 unspecified atom stereocenters. The highest BCUT2D eigenvalue weighted by Crippen LogP contribution is 2.29. The van der Waals surface area contributed by atoms with Crippen LogP contribution >= 0.6 is 0 Å². The first-order valence-corrected chi connectivity index (χ1v) is 12.0. The molecule has 2 heterocycles. The minimum Gasteiger partial charge on any atom is -0.497 e. The summed E-state index contributed by atoms with van der Waals surface area (Å²) in [6.45, 7) is 11.5. The Morgan fingerprint density at radius 3 is 2.51 bits per heavy atom. The maximum absolute atomic E-state index is 13.1. The molecule has 0 saturated carbocycles. The van der Waals surface area contributed by atoms with Crippen molar-refractivity contribution in [2.75, 3.05) is 7.11 Å². The van der Waals surface area contributed by atoms with Gasteiger partial charge in [-0.2, -0.15) is 0 Å². The van der Waals surface area contributed by atoms with E-state index < -0.39 is 0 Å². The Morgan fingerprint density at radius 2 is 1.86 bits per heavy atom. The molecule has 0 spiro atoms. The number of benzene rings is 2. The van der Waals surface area contributed by atoms with Crippen LogP contribution in [0.5, 0.6) is 5.75 Å². The number of aromatic amines is 1. The molecule has 2 aromatic carbocycles. The number of fused-ring (bicyclic) bond motifs is 1. The summed E-state index contributed by atoms with van der Waals surface area (Å²) < 4.78 is 7.21. The summed E-state index contributed by atoms with van der Waals surface area (Å²) in [5, 5.41) is 13.7. The van der Waals surface area contributed by atoms with Crippen molar-refractivity contribution in [2.45, 2.75) is 65.7 Å². The molecule has 0 aliphatic heterocycles. The summed E-state index contributed by atoms with van der Waals surface area (Å²) in [6, 6.07) is 16.0. The number of pyridine rings is 1. The molecule has 0 bridgehead atoms. The van der Waals surface area contributed by atoms with Gasteiger partial charge >= 0.3 is 0 Å². The molecule has 0 aliphatic carbocycles. The van der Waals surface area contributed by atoms with Gasteiger partial charge in [0.2, 0.25) is 0 Å². The number of nitrogens with zero attached hydrogens (tertiary/aromatic N) is 5. The molecular weight excluding hydrogens is 440 g/mol. The zero-order valence-corrected chi connectivity index (χ0v) is 21.4. The van der Waals surface area contributed by atoms with Gasteiger partial charge in [-0.05, 0) is 79.3 Å². The van der Waals surface area contributed by atoms with Crippen molar-refractivity contribution in [3.63, 3.8) is 0 Å². The standard InChI is InChI=1S/C27H34N6O2/c1-7-23(25-29-30-31-33(25)27(3,4)5)32(16-19-11-13-22(35-6)14-12-19)17-21-15-20-10-8-9-18(2)24(20)28-26(21)34/h8-15,23H,7,16-17H2,1-6H3,(H,28,34)/t23-/m1/s1. The van der Waals surface area contributed by atoms with Gasteiger partial charge in [0, 0.05) is 18.7 Å². The van der Waals surface area contributed by atoms with Gasteiger partial charge in [-0.3, -0.25) is 9.69 Å². The van der Waals surface area contributed by atoms with Gasteiger partial charge < -0.3 is 9.72 Å². The lowest BCUT2D eigenvalue weighted by atomic mass is 10.0. The Kier molecular flexibility index (Phi) is 7.03. The summed E-state index contributed by atoms with van der Waals surface area (Å²) in [7, 11) is 1.66.